The van der Waals surface area contributed by atoms with E-state index in [4.69, 9.17) is 4.74 Å². The number of hydrogen-bond donors (Lipinski definition) is 2. The summed E-state index contributed by atoms with van der Waals surface area (Å²) in [6.07, 6.45) is 6.75. The van der Waals surface area contributed by atoms with Crippen LogP contribution in [0.15, 0.2) is 36.4 Å². The number of phenols is 1. The average molecular weight is 382 g/mol. The van der Waals surface area contributed by atoms with Crippen molar-refractivity contribution in [2.75, 3.05) is 19.0 Å². The first kappa shape index (κ1) is 21.5. The Morgan fingerprint density at radius 2 is 1.79 bits per heavy atom. The number of carbonyl (C=O) groups excluding carboxylic acids is 1. The van der Waals surface area contributed by atoms with Crippen LogP contribution >= 0.6 is 0 Å². The highest BCUT2D eigenvalue weighted by Crippen LogP contribution is 2.37. The van der Waals surface area contributed by atoms with Crippen LogP contribution < -0.4 is 10.1 Å². The second-order valence-electron chi connectivity index (χ2n) is 6.74. The van der Waals surface area contributed by atoms with Gasteiger partial charge in [0, 0.05) is 29.4 Å². The van der Waals surface area contributed by atoms with Crippen LogP contribution in [0.3, 0.4) is 0 Å². The summed E-state index contributed by atoms with van der Waals surface area (Å²) < 4.78 is 5.87. The molecule has 4 nitrogen and oxygen atoms in total. The maximum atomic E-state index is 12.6. The first-order valence-electron chi connectivity index (χ1n) is 10.1. The second-order valence-corrected chi connectivity index (χ2v) is 6.74. The Balaban J connectivity index is 2.43. The van der Waals surface area contributed by atoms with Gasteiger partial charge in [0.05, 0.1) is 6.61 Å². The Hall–Kier alpha value is -2.75. The van der Waals surface area contributed by atoms with Crippen molar-refractivity contribution >= 4 is 17.5 Å². The van der Waals surface area contributed by atoms with Gasteiger partial charge in [-0.1, -0.05) is 26.7 Å². The van der Waals surface area contributed by atoms with Crippen molar-refractivity contribution in [3.63, 3.8) is 0 Å². The van der Waals surface area contributed by atoms with Crippen molar-refractivity contribution in [1.29, 1.82) is 0 Å². The van der Waals surface area contributed by atoms with E-state index in [1.165, 1.54) is 0 Å². The van der Waals surface area contributed by atoms with Crippen LogP contribution in [0.4, 0.5) is 5.69 Å². The van der Waals surface area contributed by atoms with E-state index < -0.39 is 0 Å². The Morgan fingerprint density at radius 1 is 1.11 bits per heavy atom. The summed E-state index contributed by atoms with van der Waals surface area (Å²) >= 11 is 0. The van der Waals surface area contributed by atoms with E-state index in [2.05, 4.69) is 19.2 Å². The Labute approximate surface area is 168 Å². The minimum absolute atomic E-state index is 0.0627. The van der Waals surface area contributed by atoms with Crippen LogP contribution in [0.5, 0.6) is 11.5 Å². The molecule has 0 amide bonds. The molecule has 0 bridgehead atoms. The summed E-state index contributed by atoms with van der Waals surface area (Å²) in [4.78, 5) is 12.6. The minimum atomic E-state index is -0.0627. The fourth-order valence-electron chi connectivity index (χ4n) is 3.24. The minimum Gasteiger partial charge on any atom is -0.507 e. The van der Waals surface area contributed by atoms with E-state index in [9.17, 15) is 9.90 Å². The van der Waals surface area contributed by atoms with Gasteiger partial charge >= 0.3 is 0 Å². The molecule has 2 aromatic carbocycles. The van der Waals surface area contributed by atoms with Gasteiger partial charge in [0.15, 0.2) is 5.78 Å². The topological polar surface area (TPSA) is 58.6 Å². The SMILES string of the molecule is CCCc1cc(C=CC(=O)c2ccc(NC)cc2)c(OCC)c(CCC)c1O. The number of benzene rings is 2. The molecule has 0 fully saturated rings. The van der Waals surface area contributed by atoms with Crippen molar-refractivity contribution in [1.82, 2.24) is 0 Å². The molecule has 28 heavy (non-hydrogen) atoms. The van der Waals surface area contributed by atoms with E-state index in [1.54, 1.807) is 12.2 Å². The van der Waals surface area contributed by atoms with Crippen molar-refractivity contribution in [3.05, 3.63) is 58.7 Å². The third-order valence-corrected chi connectivity index (χ3v) is 4.64. The normalized spacial score (nSPS) is 11.0. The lowest BCUT2D eigenvalue weighted by molar-refractivity contribution is 0.104. The standard InChI is InChI=1S/C24H31NO3/c1-5-8-18-16-19(24(28-7-3)21(9-6-2)23(18)27)12-15-22(26)17-10-13-20(25-4)14-11-17/h10-16,25,27H,5-9H2,1-4H3. The zero-order chi connectivity index (χ0) is 20.5. The predicted octanol–water partition coefficient (Wildman–Crippen LogP) is 5.63. The summed E-state index contributed by atoms with van der Waals surface area (Å²) in [6, 6.07) is 9.32. The number of hydrogen-bond acceptors (Lipinski definition) is 4. The number of phenolic OH excluding ortho intramolecular Hbond substituents is 1. The second kappa shape index (κ2) is 10.5. The van der Waals surface area contributed by atoms with E-state index in [0.29, 0.717) is 23.7 Å². The number of ether oxygens (including phenoxy) is 1. The molecule has 4 heteroatoms. The van der Waals surface area contributed by atoms with Crippen LogP contribution in [0, 0.1) is 0 Å². The maximum Gasteiger partial charge on any atom is 0.185 e. The van der Waals surface area contributed by atoms with Gasteiger partial charge in [-0.05, 0) is 67.8 Å². The summed E-state index contributed by atoms with van der Waals surface area (Å²) in [5.41, 5.74) is 4.17. The quantitative estimate of drug-likeness (QED) is 0.413. The van der Waals surface area contributed by atoms with E-state index in [1.807, 2.05) is 44.3 Å². The van der Waals surface area contributed by atoms with Crippen LogP contribution in [-0.2, 0) is 12.8 Å². The van der Waals surface area contributed by atoms with E-state index in [0.717, 1.165) is 48.1 Å². The molecule has 2 aromatic rings. The molecule has 0 radical (unpaired) electrons. The lowest BCUT2D eigenvalue weighted by Gasteiger charge is -2.18. The molecule has 150 valence electrons. The summed E-state index contributed by atoms with van der Waals surface area (Å²) in [5.74, 6) is 0.946. The third kappa shape index (κ3) is 5.16. The molecule has 0 aliphatic carbocycles. The van der Waals surface area contributed by atoms with Crippen molar-refractivity contribution in [2.24, 2.45) is 0 Å². The molecule has 2 rings (SSSR count). The first-order valence-corrected chi connectivity index (χ1v) is 10.1. The Bertz CT molecular complexity index is 823. The smallest absolute Gasteiger partial charge is 0.185 e. The van der Waals surface area contributed by atoms with Crippen molar-refractivity contribution in [3.8, 4) is 11.5 Å². The number of aromatic hydroxyl groups is 1. The predicted molar refractivity (Wildman–Crippen MR) is 117 cm³/mol. The van der Waals surface area contributed by atoms with Crippen molar-refractivity contribution < 1.29 is 14.6 Å². The van der Waals surface area contributed by atoms with Crippen LogP contribution in [-0.4, -0.2) is 24.5 Å². The van der Waals surface area contributed by atoms with Crippen LogP contribution in [0.2, 0.25) is 0 Å². The van der Waals surface area contributed by atoms with Gasteiger partial charge in [0.2, 0.25) is 0 Å². The highest BCUT2D eigenvalue weighted by atomic mass is 16.5. The Kier molecular flexibility index (Phi) is 8.12. The fourth-order valence-corrected chi connectivity index (χ4v) is 3.24. The Morgan fingerprint density at radius 3 is 2.36 bits per heavy atom. The molecule has 0 saturated carbocycles. The largest absolute Gasteiger partial charge is 0.507 e. The lowest BCUT2D eigenvalue weighted by atomic mass is 9.96. The summed E-state index contributed by atoms with van der Waals surface area (Å²) in [7, 11) is 1.85. The van der Waals surface area contributed by atoms with Gasteiger partial charge < -0.3 is 15.2 Å². The highest BCUT2D eigenvalue weighted by Gasteiger charge is 2.17. The zero-order valence-electron chi connectivity index (χ0n) is 17.3. The maximum absolute atomic E-state index is 12.6. The highest BCUT2D eigenvalue weighted by molar-refractivity contribution is 6.07. The molecule has 0 aliphatic heterocycles. The molecule has 0 saturated heterocycles. The monoisotopic (exact) mass is 381 g/mol. The number of allylic oxidation sites excluding steroid dienone is 1. The first-order chi connectivity index (χ1) is 13.5. The summed E-state index contributed by atoms with van der Waals surface area (Å²) in [6.45, 7) is 6.59. The zero-order valence-corrected chi connectivity index (χ0v) is 17.3. The molecule has 0 aromatic heterocycles. The van der Waals surface area contributed by atoms with Gasteiger partial charge in [-0.25, -0.2) is 0 Å². The number of anilines is 1. The number of nitrogens with one attached hydrogen (secondary N) is 1. The van der Waals surface area contributed by atoms with Gasteiger partial charge in [0.25, 0.3) is 0 Å². The molecule has 0 heterocycles. The number of rotatable bonds is 10. The van der Waals surface area contributed by atoms with Crippen LogP contribution in [0.1, 0.15) is 60.7 Å². The molecular weight excluding hydrogens is 350 g/mol. The van der Waals surface area contributed by atoms with E-state index in [-0.39, 0.29) is 5.78 Å². The third-order valence-electron chi connectivity index (χ3n) is 4.64. The summed E-state index contributed by atoms with van der Waals surface area (Å²) in [5, 5.41) is 13.8. The van der Waals surface area contributed by atoms with Crippen LogP contribution in [0.25, 0.3) is 6.08 Å². The van der Waals surface area contributed by atoms with Crippen molar-refractivity contribution in [2.45, 2.75) is 46.5 Å². The molecule has 0 aliphatic rings. The number of aryl methyl sites for hydroxylation is 1. The van der Waals surface area contributed by atoms with Gasteiger partial charge in [-0.2, -0.15) is 0 Å². The van der Waals surface area contributed by atoms with Gasteiger partial charge in [-0.15, -0.1) is 0 Å². The number of carbonyl (C=O) groups is 1. The fraction of sp³-hybridized carbons (Fsp3) is 0.375. The van der Waals surface area contributed by atoms with Gasteiger partial charge in [-0.3, -0.25) is 4.79 Å². The van der Waals surface area contributed by atoms with E-state index >= 15 is 0 Å². The molecule has 0 atom stereocenters. The molecule has 0 spiro atoms. The molecule has 0 unspecified atom stereocenters. The van der Waals surface area contributed by atoms with Gasteiger partial charge in [0.1, 0.15) is 11.5 Å². The molecule has 2 N–H and O–H groups in total. The lowest BCUT2D eigenvalue weighted by Crippen LogP contribution is -2.03. The number of ketones is 1. The average Bonchev–Trinajstić information content (AvgIpc) is 2.71. The molecular formula is C24H31NO3.